The molecule has 0 saturated carbocycles. The van der Waals surface area contributed by atoms with Crippen molar-refractivity contribution in [1.29, 1.82) is 0 Å². The molecule has 1 saturated heterocycles. The minimum absolute atomic E-state index is 0.176. The summed E-state index contributed by atoms with van der Waals surface area (Å²) in [7, 11) is 3.17. The maximum absolute atomic E-state index is 12.8. The van der Waals surface area contributed by atoms with Gasteiger partial charge in [-0.3, -0.25) is 4.79 Å². The molecule has 2 heterocycles. The molecule has 1 aliphatic rings. The first-order valence-corrected chi connectivity index (χ1v) is 8.38. The monoisotopic (exact) mass is 341 g/mol. The first kappa shape index (κ1) is 17.1. The number of benzene rings is 1. The molecular weight excluding hydrogens is 318 g/mol. The highest BCUT2D eigenvalue weighted by Crippen LogP contribution is 2.33. The number of ether oxygens (including phenoxy) is 2. The Morgan fingerprint density at radius 3 is 2.52 bits per heavy atom. The number of nitrogens with one attached hydrogen (secondary N) is 1. The lowest BCUT2D eigenvalue weighted by Crippen LogP contribution is -2.24. The Kier molecular flexibility index (Phi) is 5.07. The number of carbonyl (C=O) groups is 1. The fourth-order valence-electron chi connectivity index (χ4n) is 3.06. The highest BCUT2D eigenvalue weighted by molar-refractivity contribution is 6.08. The zero-order chi connectivity index (χ0) is 17.8. The van der Waals surface area contributed by atoms with Crippen LogP contribution in [0.3, 0.4) is 0 Å². The molecule has 0 unspecified atom stereocenters. The molecule has 1 amide bonds. The van der Waals surface area contributed by atoms with Crippen molar-refractivity contribution >= 4 is 17.4 Å². The number of nitrogens with zero attached hydrogens (tertiary/aromatic N) is 2. The van der Waals surface area contributed by atoms with Gasteiger partial charge in [0.15, 0.2) is 11.5 Å². The molecule has 1 fully saturated rings. The van der Waals surface area contributed by atoms with E-state index in [4.69, 9.17) is 9.47 Å². The van der Waals surface area contributed by atoms with E-state index in [1.165, 1.54) is 0 Å². The predicted octanol–water partition coefficient (Wildman–Crippen LogP) is 3.26. The van der Waals surface area contributed by atoms with Crippen molar-refractivity contribution in [2.75, 3.05) is 37.5 Å². The number of aromatic nitrogens is 1. The molecule has 3 rings (SSSR count). The van der Waals surface area contributed by atoms with Crippen LogP contribution in [0.4, 0.5) is 11.5 Å². The molecule has 1 N–H and O–H groups in total. The normalized spacial score (nSPS) is 13.6. The fourth-order valence-corrected chi connectivity index (χ4v) is 3.06. The average molecular weight is 341 g/mol. The number of aryl methyl sites for hydroxylation is 1. The molecule has 1 aliphatic heterocycles. The van der Waals surface area contributed by atoms with Crippen molar-refractivity contribution in [2.45, 2.75) is 19.8 Å². The van der Waals surface area contributed by atoms with Crippen LogP contribution in [0.25, 0.3) is 0 Å². The van der Waals surface area contributed by atoms with E-state index >= 15 is 0 Å². The number of methoxy groups -OCH3 is 2. The molecule has 0 aliphatic carbocycles. The molecule has 2 aromatic rings. The van der Waals surface area contributed by atoms with Crippen LogP contribution in [-0.4, -0.2) is 38.2 Å². The summed E-state index contributed by atoms with van der Waals surface area (Å²) in [5, 5.41) is 2.98. The molecule has 1 aromatic heterocycles. The Hall–Kier alpha value is -2.76. The molecule has 25 heavy (non-hydrogen) atoms. The zero-order valence-electron chi connectivity index (χ0n) is 14.8. The second kappa shape index (κ2) is 7.42. The van der Waals surface area contributed by atoms with Crippen molar-refractivity contribution in [1.82, 2.24) is 4.98 Å². The van der Waals surface area contributed by atoms with E-state index in [9.17, 15) is 4.79 Å². The minimum atomic E-state index is -0.176. The van der Waals surface area contributed by atoms with E-state index in [0.29, 0.717) is 22.7 Å². The minimum Gasteiger partial charge on any atom is -0.493 e. The molecule has 132 valence electrons. The summed E-state index contributed by atoms with van der Waals surface area (Å²) in [6, 6.07) is 7.22. The number of hydrogen-bond donors (Lipinski definition) is 1. The largest absolute Gasteiger partial charge is 0.493 e. The van der Waals surface area contributed by atoms with Gasteiger partial charge in [-0.1, -0.05) is 0 Å². The lowest BCUT2D eigenvalue weighted by atomic mass is 10.1. The first-order valence-electron chi connectivity index (χ1n) is 8.38. The highest BCUT2D eigenvalue weighted by atomic mass is 16.5. The standard InChI is InChI=1S/C19H23N3O3/c1-13-11-16(24-2)17(25-3)12-15(13)21-19(23)14-7-6-8-20-18(14)22-9-4-5-10-22/h6-8,11-12H,4-5,9-10H2,1-3H3,(H,21,23). The molecule has 1 aromatic carbocycles. The quantitative estimate of drug-likeness (QED) is 0.904. The van der Waals surface area contributed by atoms with Gasteiger partial charge >= 0.3 is 0 Å². The Labute approximate surface area is 147 Å². The van der Waals surface area contributed by atoms with Gasteiger partial charge in [-0.2, -0.15) is 0 Å². The van der Waals surface area contributed by atoms with Gasteiger partial charge in [-0.05, 0) is 43.5 Å². The number of hydrogen-bond acceptors (Lipinski definition) is 5. The number of amides is 1. The molecule has 0 spiro atoms. The van der Waals surface area contributed by atoms with E-state index < -0.39 is 0 Å². The number of pyridine rings is 1. The van der Waals surface area contributed by atoms with Gasteiger partial charge in [0.05, 0.1) is 19.8 Å². The van der Waals surface area contributed by atoms with Crippen LogP contribution in [-0.2, 0) is 0 Å². The van der Waals surface area contributed by atoms with Crippen LogP contribution in [0.15, 0.2) is 30.5 Å². The van der Waals surface area contributed by atoms with Gasteiger partial charge in [0.2, 0.25) is 0 Å². The van der Waals surface area contributed by atoms with Gasteiger partial charge < -0.3 is 19.7 Å². The second-order valence-corrected chi connectivity index (χ2v) is 6.04. The maximum atomic E-state index is 12.8. The van der Waals surface area contributed by atoms with E-state index in [0.717, 1.165) is 37.3 Å². The lowest BCUT2D eigenvalue weighted by Gasteiger charge is -2.20. The Balaban J connectivity index is 1.88. The van der Waals surface area contributed by atoms with Crippen molar-refractivity contribution in [3.63, 3.8) is 0 Å². The van der Waals surface area contributed by atoms with E-state index in [1.54, 1.807) is 32.5 Å². The lowest BCUT2D eigenvalue weighted by molar-refractivity contribution is 0.102. The Morgan fingerprint density at radius 2 is 1.84 bits per heavy atom. The Bertz CT molecular complexity index is 771. The van der Waals surface area contributed by atoms with Crippen LogP contribution >= 0.6 is 0 Å². The van der Waals surface area contributed by atoms with Crippen LogP contribution in [0.2, 0.25) is 0 Å². The van der Waals surface area contributed by atoms with Gasteiger partial charge in [0.1, 0.15) is 5.82 Å². The first-order chi connectivity index (χ1) is 12.1. The van der Waals surface area contributed by atoms with Gasteiger partial charge in [0, 0.05) is 31.0 Å². The van der Waals surface area contributed by atoms with Crippen molar-refractivity contribution in [3.8, 4) is 11.5 Å². The van der Waals surface area contributed by atoms with Crippen molar-refractivity contribution < 1.29 is 14.3 Å². The smallest absolute Gasteiger partial charge is 0.259 e. The average Bonchev–Trinajstić information content (AvgIpc) is 3.17. The third-order valence-electron chi connectivity index (χ3n) is 4.42. The molecular formula is C19H23N3O3. The summed E-state index contributed by atoms with van der Waals surface area (Å²) in [4.78, 5) is 19.4. The third-order valence-corrected chi connectivity index (χ3v) is 4.42. The molecule has 0 bridgehead atoms. The van der Waals surface area contributed by atoms with Crippen LogP contribution in [0.5, 0.6) is 11.5 Å². The maximum Gasteiger partial charge on any atom is 0.259 e. The molecule has 0 atom stereocenters. The highest BCUT2D eigenvalue weighted by Gasteiger charge is 2.21. The molecule has 6 nitrogen and oxygen atoms in total. The number of carbonyl (C=O) groups excluding carboxylic acids is 1. The number of rotatable bonds is 5. The third kappa shape index (κ3) is 3.52. The SMILES string of the molecule is COc1cc(C)c(NC(=O)c2cccnc2N2CCCC2)cc1OC. The van der Waals surface area contributed by atoms with Crippen LogP contribution < -0.4 is 19.7 Å². The van der Waals surface area contributed by atoms with Gasteiger partial charge in [-0.25, -0.2) is 4.98 Å². The summed E-state index contributed by atoms with van der Waals surface area (Å²) < 4.78 is 10.6. The summed E-state index contributed by atoms with van der Waals surface area (Å²) in [6.07, 6.45) is 3.99. The zero-order valence-corrected chi connectivity index (χ0v) is 14.8. The Morgan fingerprint density at radius 1 is 1.16 bits per heavy atom. The van der Waals surface area contributed by atoms with Crippen molar-refractivity contribution in [2.24, 2.45) is 0 Å². The second-order valence-electron chi connectivity index (χ2n) is 6.04. The van der Waals surface area contributed by atoms with Gasteiger partial charge in [-0.15, -0.1) is 0 Å². The molecule has 0 radical (unpaired) electrons. The van der Waals surface area contributed by atoms with E-state index in [1.807, 2.05) is 19.1 Å². The van der Waals surface area contributed by atoms with Crippen LogP contribution in [0, 0.1) is 6.92 Å². The summed E-state index contributed by atoms with van der Waals surface area (Å²) >= 11 is 0. The summed E-state index contributed by atoms with van der Waals surface area (Å²) in [5.41, 5.74) is 2.18. The number of anilines is 2. The van der Waals surface area contributed by atoms with E-state index in [2.05, 4.69) is 15.2 Å². The van der Waals surface area contributed by atoms with Crippen molar-refractivity contribution in [3.05, 3.63) is 41.6 Å². The topological polar surface area (TPSA) is 63.7 Å². The fraction of sp³-hybridized carbons (Fsp3) is 0.368. The predicted molar refractivity (Wildman–Crippen MR) is 97.9 cm³/mol. The summed E-state index contributed by atoms with van der Waals surface area (Å²) in [6.45, 7) is 3.79. The molecule has 6 heteroatoms. The van der Waals surface area contributed by atoms with Crippen LogP contribution in [0.1, 0.15) is 28.8 Å². The van der Waals surface area contributed by atoms with E-state index in [-0.39, 0.29) is 5.91 Å². The summed E-state index contributed by atoms with van der Waals surface area (Å²) in [5.74, 6) is 1.78. The van der Waals surface area contributed by atoms with Gasteiger partial charge in [0.25, 0.3) is 5.91 Å².